The number of rotatable bonds is 5. The molecule has 23 heavy (non-hydrogen) atoms. The van der Waals surface area contributed by atoms with Crippen LogP contribution in [-0.4, -0.2) is 48.0 Å². The van der Waals surface area contributed by atoms with Gasteiger partial charge in [0.15, 0.2) is 0 Å². The van der Waals surface area contributed by atoms with Crippen LogP contribution in [0.15, 0.2) is 30.5 Å². The molecule has 2 aromatic rings. The maximum atomic E-state index is 12.2. The summed E-state index contributed by atoms with van der Waals surface area (Å²) in [7, 11) is 4.10. The van der Waals surface area contributed by atoms with Crippen LogP contribution in [0.2, 0.25) is 0 Å². The summed E-state index contributed by atoms with van der Waals surface area (Å²) in [5.74, 6) is -0.209. The maximum absolute atomic E-state index is 12.2. The number of carbonyl (C=O) groups excluding carboxylic acids is 2. The quantitative estimate of drug-likeness (QED) is 0.877. The predicted octanol–water partition coefficient (Wildman–Crippen LogP) is 1.42. The van der Waals surface area contributed by atoms with Crippen LogP contribution in [0.25, 0.3) is 10.9 Å². The van der Waals surface area contributed by atoms with Crippen LogP contribution >= 0.6 is 0 Å². The van der Waals surface area contributed by atoms with Crippen LogP contribution in [0, 0.1) is 0 Å². The van der Waals surface area contributed by atoms with Crippen LogP contribution in [0.1, 0.15) is 12.8 Å². The van der Waals surface area contributed by atoms with Crippen LogP contribution in [-0.2, 0) is 16.1 Å². The first-order valence-corrected chi connectivity index (χ1v) is 7.87. The van der Waals surface area contributed by atoms with Crippen LogP contribution in [0.5, 0.6) is 0 Å². The lowest BCUT2D eigenvalue weighted by molar-refractivity contribution is -0.122. The van der Waals surface area contributed by atoms with E-state index in [1.807, 2.05) is 32.3 Å². The minimum Gasteiger partial charge on any atom is -0.346 e. The first-order valence-electron chi connectivity index (χ1n) is 7.87. The van der Waals surface area contributed by atoms with Gasteiger partial charge in [0.1, 0.15) is 6.04 Å². The number of amides is 2. The molecule has 1 atom stereocenters. The summed E-state index contributed by atoms with van der Waals surface area (Å²) in [5, 5.41) is 6.74. The third kappa shape index (κ3) is 3.53. The minimum atomic E-state index is -0.418. The molecule has 2 N–H and O–H groups in total. The zero-order valence-corrected chi connectivity index (χ0v) is 13.5. The van der Waals surface area contributed by atoms with Gasteiger partial charge in [-0.05, 0) is 44.1 Å². The van der Waals surface area contributed by atoms with E-state index in [2.05, 4.69) is 32.4 Å². The number of anilines is 1. The Bertz CT molecular complexity index is 735. The number of hydrogen-bond acceptors (Lipinski definition) is 3. The summed E-state index contributed by atoms with van der Waals surface area (Å²) >= 11 is 0. The van der Waals surface area contributed by atoms with Gasteiger partial charge in [0.2, 0.25) is 11.8 Å². The lowest BCUT2D eigenvalue weighted by Crippen LogP contribution is -2.37. The fourth-order valence-electron chi connectivity index (χ4n) is 2.80. The molecule has 0 aliphatic carbocycles. The van der Waals surface area contributed by atoms with Gasteiger partial charge in [-0.2, -0.15) is 0 Å². The van der Waals surface area contributed by atoms with E-state index in [4.69, 9.17) is 0 Å². The first-order chi connectivity index (χ1) is 11.0. The number of aromatic nitrogens is 1. The Morgan fingerprint density at radius 3 is 2.91 bits per heavy atom. The fourth-order valence-corrected chi connectivity index (χ4v) is 2.80. The van der Waals surface area contributed by atoms with Crippen molar-refractivity contribution in [3.63, 3.8) is 0 Å². The number of carbonyl (C=O) groups is 2. The largest absolute Gasteiger partial charge is 0.346 e. The molecular formula is C17H22N4O2. The molecular weight excluding hydrogens is 292 g/mol. The van der Waals surface area contributed by atoms with Crippen molar-refractivity contribution < 1.29 is 9.59 Å². The molecule has 2 heterocycles. The molecule has 0 bridgehead atoms. The molecule has 1 aromatic carbocycles. The van der Waals surface area contributed by atoms with Gasteiger partial charge in [0.25, 0.3) is 0 Å². The molecule has 6 nitrogen and oxygen atoms in total. The highest BCUT2D eigenvalue weighted by atomic mass is 16.2. The number of fused-ring (bicyclic) bond motifs is 1. The van der Waals surface area contributed by atoms with Crippen molar-refractivity contribution >= 4 is 28.4 Å². The van der Waals surface area contributed by atoms with Crippen molar-refractivity contribution in [1.82, 2.24) is 14.8 Å². The number of nitrogens with zero attached hydrogens (tertiary/aromatic N) is 2. The van der Waals surface area contributed by atoms with Gasteiger partial charge in [0, 0.05) is 31.4 Å². The smallest absolute Gasteiger partial charge is 0.246 e. The van der Waals surface area contributed by atoms with Crippen LogP contribution in [0.4, 0.5) is 5.69 Å². The van der Waals surface area contributed by atoms with Gasteiger partial charge in [-0.3, -0.25) is 9.59 Å². The highest BCUT2D eigenvalue weighted by Gasteiger charge is 2.27. The fraction of sp³-hybridized carbons (Fsp3) is 0.412. The summed E-state index contributed by atoms with van der Waals surface area (Å²) in [6.07, 6.45) is 3.05. The van der Waals surface area contributed by atoms with Gasteiger partial charge < -0.3 is 20.1 Å². The Morgan fingerprint density at radius 2 is 2.22 bits per heavy atom. The van der Waals surface area contributed by atoms with E-state index in [1.54, 1.807) is 0 Å². The summed E-state index contributed by atoms with van der Waals surface area (Å²) in [6, 6.07) is 7.55. The van der Waals surface area contributed by atoms with Gasteiger partial charge in [0.05, 0.1) is 5.52 Å². The summed E-state index contributed by atoms with van der Waals surface area (Å²) in [5.41, 5.74) is 1.86. The van der Waals surface area contributed by atoms with Crippen molar-refractivity contribution in [2.45, 2.75) is 25.4 Å². The lowest BCUT2D eigenvalue weighted by Gasteiger charge is -2.13. The third-order valence-electron chi connectivity index (χ3n) is 4.14. The Morgan fingerprint density at radius 1 is 1.39 bits per heavy atom. The molecule has 1 aliphatic heterocycles. The monoisotopic (exact) mass is 314 g/mol. The Kier molecular flexibility index (Phi) is 4.34. The molecule has 0 radical (unpaired) electrons. The molecule has 1 saturated heterocycles. The lowest BCUT2D eigenvalue weighted by atomic mass is 10.2. The van der Waals surface area contributed by atoms with Crippen molar-refractivity contribution in [3.05, 3.63) is 30.5 Å². The van der Waals surface area contributed by atoms with E-state index in [1.165, 1.54) is 0 Å². The van der Waals surface area contributed by atoms with Crippen molar-refractivity contribution in [2.24, 2.45) is 0 Å². The highest BCUT2D eigenvalue weighted by molar-refractivity contribution is 6.00. The van der Waals surface area contributed by atoms with Crippen molar-refractivity contribution in [3.8, 4) is 0 Å². The van der Waals surface area contributed by atoms with Gasteiger partial charge in [-0.25, -0.2) is 0 Å². The maximum Gasteiger partial charge on any atom is 0.246 e. The van der Waals surface area contributed by atoms with Gasteiger partial charge >= 0.3 is 0 Å². The summed E-state index contributed by atoms with van der Waals surface area (Å²) in [4.78, 5) is 25.6. The number of nitrogens with one attached hydrogen (secondary N) is 2. The Hall–Kier alpha value is -2.34. The molecule has 3 rings (SSSR count). The number of hydrogen-bond donors (Lipinski definition) is 2. The average molecular weight is 314 g/mol. The molecule has 122 valence electrons. The molecule has 1 aliphatic rings. The second-order valence-corrected chi connectivity index (χ2v) is 6.23. The van der Waals surface area contributed by atoms with E-state index in [0.717, 1.165) is 29.7 Å². The molecule has 0 saturated carbocycles. The molecule has 6 heteroatoms. The highest BCUT2D eigenvalue weighted by Crippen LogP contribution is 2.21. The topological polar surface area (TPSA) is 66.4 Å². The SMILES string of the molecule is CN(C)CCn1ccc2ccc(NC(=O)[C@@H]3CCC(=O)N3)cc21. The van der Waals surface area contributed by atoms with E-state index < -0.39 is 6.04 Å². The second kappa shape index (κ2) is 6.42. The second-order valence-electron chi connectivity index (χ2n) is 6.23. The molecule has 2 amide bonds. The first kappa shape index (κ1) is 15.6. The zero-order valence-electron chi connectivity index (χ0n) is 13.5. The molecule has 1 aromatic heterocycles. The van der Waals surface area contributed by atoms with E-state index >= 15 is 0 Å². The van der Waals surface area contributed by atoms with Crippen LogP contribution < -0.4 is 10.6 Å². The number of benzene rings is 1. The predicted molar refractivity (Wildman–Crippen MR) is 90.3 cm³/mol. The number of likely N-dealkylation sites (N-methyl/N-ethyl adjacent to an activating group) is 1. The summed E-state index contributed by atoms with van der Waals surface area (Å²) < 4.78 is 2.18. The normalized spacial score (nSPS) is 17.7. The Labute approximate surface area is 135 Å². The van der Waals surface area contributed by atoms with Gasteiger partial charge in [-0.15, -0.1) is 0 Å². The van der Waals surface area contributed by atoms with Crippen LogP contribution in [0.3, 0.4) is 0 Å². The molecule has 0 unspecified atom stereocenters. The van der Waals surface area contributed by atoms with E-state index in [-0.39, 0.29) is 11.8 Å². The summed E-state index contributed by atoms with van der Waals surface area (Å²) in [6.45, 7) is 1.85. The molecule has 0 spiro atoms. The van der Waals surface area contributed by atoms with Gasteiger partial charge in [-0.1, -0.05) is 6.07 Å². The standard InChI is InChI=1S/C17H22N4O2/c1-20(2)9-10-21-8-7-12-3-4-13(11-15(12)21)18-17(23)14-5-6-16(22)19-14/h3-4,7-8,11,14H,5-6,9-10H2,1-2H3,(H,18,23)(H,19,22)/t14-/m0/s1. The average Bonchev–Trinajstić information content (AvgIpc) is 3.11. The van der Waals surface area contributed by atoms with E-state index in [0.29, 0.717) is 12.8 Å². The Balaban J connectivity index is 1.75. The van der Waals surface area contributed by atoms with Crippen molar-refractivity contribution in [1.29, 1.82) is 0 Å². The zero-order chi connectivity index (χ0) is 16.4. The molecule has 1 fully saturated rings. The third-order valence-corrected chi connectivity index (χ3v) is 4.14. The minimum absolute atomic E-state index is 0.0573. The van der Waals surface area contributed by atoms with E-state index in [9.17, 15) is 9.59 Å². The van der Waals surface area contributed by atoms with Crippen molar-refractivity contribution in [2.75, 3.05) is 26.0 Å².